The highest BCUT2D eigenvalue weighted by Crippen LogP contribution is 2.15. The summed E-state index contributed by atoms with van der Waals surface area (Å²) in [5, 5.41) is -0.500. The second-order valence-electron chi connectivity index (χ2n) is 5.11. The van der Waals surface area contributed by atoms with Crippen molar-refractivity contribution >= 4 is 17.5 Å². The molecule has 1 aromatic carbocycles. The minimum atomic E-state index is -0.500. The van der Waals surface area contributed by atoms with Crippen molar-refractivity contribution in [3.05, 3.63) is 29.8 Å². The van der Waals surface area contributed by atoms with E-state index in [1.807, 2.05) is 38.4 Å². The van der Waals surface area contributed by atoms with Gasteiger partial charge in [-0.05, 0) is 38.7 Å². The monoisotopic (exact) mass is 298 g/mol. The van der Waals surface area contributed by atoms with Crippen LogP contribution in [0.4, 0.5) is 0 Å². The first-order valence-electron chi connectivity index (χ1n) is 6.65. The summed E-state index contributed by atoms with van der Waals surface area (Å²) in [6.07, 6.45) is 0. The summed E-state index contributed by atoms with van der Waals surface area (Å²) in [4.78, 5) is 15.4. The van der Waals surface area contributed by atoms with Gasteiger partial charge in [-0.25, -0.2) is 0 Å². The zero-order valence-electron chi connectivity index (χ0n) is 12.6. The van der Waals surface area contributed by atoms with Crippen molar-refractivity contribution in [3.8, 4) is 5.75 Å². The van der Waals surface area contributed by atoms with Crippen LogP contribution in [-0.2, 0) is 11.3 Å². The molecule has 0 spiro atoms. The average Bonchev–Trinajstić information content (AvgIpc) is 2.37. The Bertz CT molecular complexity index is 436. The van der Waals surface area contributed by atoms with Gasteiger partial charge in [0.2, 0.25) is 5.91 Å². The fraction of sp³-hybridized carbons (Fsp3) is 0.533. The minimum Gasteiger partial charge on any atom is -0.492 e. The maximum Gasteiger partial charge on any atom is 0.240 e. The van der Waals surface area contributed by atoms with Crippen LogP contribution >= 0.6 is 11.6 Å². The second-order valence-corrected chi connectivity index (χ2v) is 5.76. The number of alkyl halides is 1. The third kappa shape index (κ3) is 5.80. The summed E-state index contributed by atoms with van der Waals surface area (Å²) in [5.41, 5.74) is 1.03. The second kappa shape index (κ2) is 8.12. The number of benzene rings is 1. The maximum absolute atomic E-state index is 11.7. The molecule has 5 heteroatoms. The summed E-state index contributed by atoms with van der Waals surface area (Å²) >= 11 is 5.80. The van der Waals surface area contributed by atoms with Crippen LogP contribution in [0, 0.1) is 0 Å². The van der Waals surface area contributed by atoms with Gasteiger partial charge in [0.25, 0.3) is 0 Å². The lowest BCUT2D eigenvalue weighted by atomic mass is 10.2. The van der Waals surface area contributed by atoms with Crippen molar-refractivity contribution < 1.29 is 9.53 Å². The summed E-state index contributed by atoms with van der Waals surface area (Å²) in [6.45, 7) is 3.72. The third-order valence-corrected chi connectivity index (χ3v) is 3.03. The van der Waals surface area contributed by atoms with Gasteiger partial charge in [0.15, 0.2) is 0 Å². The highest BCUT2D eigenvalue weighted by Gasteiger charge is 2.14. The molecular formula is C15H23ClN2O2. The van der Waals surface area contributed by atoms with Gasteiger partial charge < -0.3 is 14.5 Å². The van der Waals surface area contributed by atoms with Crippen molar-refractivity contribution in [1.82, 2.24) is 9.80 Å². The molecule has 112 valence electrons. The highest BCUT2D eigenvalue weighted by molar-refractivity contribution is 6.30. The fourth-order valence-corrected chi connectivity index (χ4v) is 1.90. The molecule has 20 heavy (non-hydrogen) atoms. The molecule has 1 amide bonds. The Balaban J connectivity index is 2.57. The molecule has 1 rings (SSSR count). The lowest BCUT2D eigenvalue weighted by Crippen LogP contribution is -2.31. The molecule has 0 fully saturated rings. The van der Waals surface area contributed by atoms with Gasteiger partial charge in [-0.1, -0.05) is 12.1 Å². The van der Waals surface area contributed by atoms with Crippen LogP contribution in [-0.4, -0.2) is 55.4 Å². The van der Waals surface area contributed by atoms with E-state index in [-0.39, 0.29) is 5.91 Å². The van der Waals surface area contributed by atoms with Crippen LogP contribution in [0.2, 0.25) is 0 Å². The molecule has 0 saturated heterocycles. The molecule has 1 aromatic rings. The highest BCUT2D eigenvalue weighted by atomic mass is 35.5. The fourth-order valence-electron chi connectivity index (χ4n) is 1.74. The van der Waals surface area contributed by atoms with Crippen LogP contribution in [0.5, 0.6) is 5.75 Å². The predicted octanol–water partition coefficient (Wildman–Crippen LogP) is 2.21. The van der Waals surface area contributed by atoms with E-state index in [9.17, 15) is 4.79 Å². The molecule has 0 heterocycles. The number of likely N-dealkylation sites (N-methyl/N-ethyl adjacent to an activating group) is 1. The first-order valence-corrected chi connectivity index (χ1v) is 7.09. The van der Waals surface area contributed by atoms with E-state index < -0.39 is 5.38 Å². The van der Waals surface area contributed by atoms with Crippen molar-refractivity contribution in [2.45, 2.75) is 18.8 Å². The maximum atomic E-state index is 11.7. The van der Waals surface area contributed by atoms with Gasteiger partial charge in [0.05, 0.1) is 0 Å². The standard InChI is InChI=1S/C15H23ClN2O2/c1-12(16)15(19)18(4)11-13-6-5-7-14(10-13)20-9-8-17(2)3/h5-7,10,12H,8-9,11H2,1-4H3. The lowest BCUT2D eigenvalue weighted by molar-refractivity contribution is -0.129. The van der Waals surface area contributed by atoms with Crippen LogP contribution in [0.3, 0.4) is 0 Å². The zero-order chi connectivity index (χ0) is 15.1. The van der Waals surface area contributed by atoms with Crippen LogP contribution in [0.15, 0.2) is 24.3 Å². The number of hydrogen-bond donors (Lipinski definition) is 0. The molecule has 0 N–H and O–H groups in total. The Morgan fingerprint density at radius 2 is 2.05 bits per heavy atom. The van der Waals surface area contributed by atoms with Crippen molar-refractivity contribution in [2.75, 3.05) is 34.3 Å². The number of amides is 1. The van der Waals surface area contributed by atoms with Gasteiger partial charge in [-0.3, -0.25) is 4.79 Å². The number of carbonyl (C=O) groups is 1. The van der Waals surface area contributed by atoms with E-state index >= 15 is 0 Å². The summed E-state index contributed by atoms with van der Waals surface area (Å²) in [7, 11) is 5.77. The number of ether oxygens (including phenoxy) is 1. The molecule has 4 nitrogen and oxygen atoms in total. The molecule has 0 aromatic heterocycles. The molecule has 0 radical (unpaired) electrons. The van der Waals surface area contributed by atoms with Gasteiger partial charge in [0, 0.05) is 20.1 Å². The van der Waals surface area contributed by atoms with E-state index in [2.05, 4.69) is 4.90 Å². The molecule has 0 aliphatic carbocycles. The van der Waals surface area contributed by atoms with Crippen molar-refractivity contribution in [2.24, 2.45) is 0 Å². The predicted molar refractivity (Wildman–Crippen MR) is 82.3 cm³/mol. The zero-order valence-corrected chi connectivity index (χ0v) is 13.4. The van der Waals surface area contributed by atoms with E-state index in [1.165, 1.54) is 0 Å². The van der Waals surface area contributed by atoms with Gasteiger partial charge >= 0.3 is 0 Å². The minimum absolute atomic E-state index is 0.0782. The van der Waals surface area contributed by atoms with E-state index in [0.717, 1.165) is 17.9 Å². The average molecular weight is 299 g/mol. The summed E-state index contributed by atoms with van der Waals surface area (Å²) in [5.74, 6) is 0.745. The Hall–Kier alpha value is -1.26. The molecule has 1 unspecified atom stereocenters. The smallest absolute Gasteiger partial charge is 0.240 e. The van der Waals surface area contributed by atoms with Crippen molar-refractivity contribution in [3.63, 3.8) is 0 Å². The Labute approximate surface area is 126 Å². The summed E-state index contributed by atoms with van der Waals surface area (Å²) in [6, 6.07) is 7.79. The number of carbonyl (C=O) groups excluding carboxylic acids is 1. The largest absolute Gasteiger partial charge is 0.492 e. The quantitative estimate of drug-likeness (QED) is 0.724. The van der Waals surface area contributed by atoms with Crippen molar-refractivity contribution in [1.29, 1.82) is 0 Å². The topological polar surface area (TPSA) is 32.8 Å². The molecule has 0 saturated carbocycles. The molecule has 0 aliphatic rings. The van der Waals surface area contributed by atoms with Gasteiger partial charge in [0.1, 0.15) is 17.7 Å². The Morgan fingerprint density at radius 3 is 2.65 bits per heavy atom. The number of halogens is 1. The first kappa shape index (κ1) is 16.8. The number of rotatable bonds is 7. The summed E-state index contributed by atoms with van der Waals surface area (Å²) < 4.78 is 5.68. The van der Waals surface area contributed by atoms with E-state index in [4.69, 9.17) is 16.3 Å². The third-order valence-electron chi connectivity index (χ3n) is 2.84. The Kier molecular flexibility index (Phi) is 6.82. The molecular weight excluding hydrogens is 276 g/mol. The number of nitrogens with zero attached hydrogens (tertiary/aromatic N) is 2. The molecule has 0 bridgehead atoms. The van der Waals surface area contributed by atoms with E-state index in [1.54, 1.807) is 18.9 Å². The Morgan fingerprint density at radius 1 is 1.35 bits per heavy atom. The first-order chi connectivity index (χ1) is 9.40. The van der Waals surface area contributed by atoms with Gasteiger partial charge in [-0.2, -0.15) is 0 Å². The molecule has 1 atom stereocenters. The van der Waals surface area contributed by atoms with Crippen LogP contribution < -0.4 is 4.74 Å². The van der Waals surface area contributed by atoms with Crippen LogP contribution in [0.25, 0.3) is 0 Å². The lowest BCUT2D eigenvalue weighted by Gasteiger charge is -2.19. The van der Waals surface area contributed by atoms with Crippen LogP contribution in [0.1, 0.15) is 12.5 Å². The van der Waals surface area contributed by atoms with E-state index in [0.29, 0.717) is 13.2 Å². The normalized spacial score (nSPS) is 12.3. The SMILES string of the molecule is CC(Cl)C(=O)N(C)Cc1cccc(OCCN(C)C)c1. The number of hydrogen-bond acceptors (Lipinski definition) is 3. The molecule has 0 aliphatic heterocycles. The van der Waals surface area contributed by atoms with Gasteiger partial charge in [-0.15, -0.1) is 11.6 Å².